The molecule has 1 atom stereocenters. The number of ether oxygens (including phenoxy) is 1. The van der Waals surface area contributed by atoms with Crippen molar-refractivity contribution in [2.45, 2.75) is 78.6 Å². The van der Waals surface area contributed by atoms with Crippen LogP contribution in [0.2, 0.25) is 0 Å². The predicted octanol–water partition coefficient (Wildman–Crippen LogP) is 7.05. The lowest BCUT2D eigenvalue weighted by molar-refractivity contribution is -0.145. The van der Waals surface area contributed by atoms with Crippen molar-refractivity contribution in [3.05, 3.63) is 53.6 Å². The van der Waals surface area contributed by atoms with Gasteiger partial charge < -0.3 is 9.84 Å². The lowest BCUT2D eigenvalue weighted by atomic mass is 9.82. The largest absolute Gasteiger partial charge is 0.507 e. The summed E-state index contributed by atoms with van der Waals surface area (Å²) in [4.78, 5) is 12.3. The Hall–Kier alpha value is -2.29. The Bertz CT molecular complexity index is 803. The fourth-order valence-electron chi connectivity index (χ4n) is 3.68. The van der Waals surface area contributed by atoms with Gasteiger partial charge in [-0.05, 0) is 41.4 Å². The number of hydrogen-bond donors (Lipinski definition) is 1. The number of aromatic hydroxyl groups is 1. The summed E-state index contributed by atoms with van der Waals surface area (Å²) in [5.74, 6) is 0.637. The van der Waals surface area contributed by atoms with Crippen molar-refractivity contribution in [2.75, 3.05) is 6.61 Å². The highest BCUT2D eigenvalue weighted by atomic mass is 16.5. The van der Waals surface area contributed by atoms with Gasteiger partial charge in [-0.1, -0.05) is 90.3 Å². The first kappa shape index (κ1) is 24.0. The minimum Gasteiger partial charge on any atom is -0.507 e. The fourth-order valence-corrected chi connectivity index (χ4v) is 3.68. The van der Waals surface area contributed by atoms with E-state index in [0.29, 0.717) is 31.1 Å². The van der Waals surface area contributed by atoms with Crippen molar-refractivity contribution < 1.29 is 14.6 Å². The first-order valence-electron chi connectivity index (χ1n) is 11.3. The van der Waals surface area contributed by atoms with Gasteiger partial charge in [-0.3, -0.25) is 4.79 Å². The van der Waals surface area contributed by atoms with Crippen LogP contribution in [-0.2, 0) is 21.4 Å². The number of hydrogen-bond acceptors (Lipinski definition) is 3. The van der Waals surface area contributed by atoms with Crippen molar-refractivity contribution in [3.8, 4) is 16.9 Å². The summed E-state index contributed by atoms with van der Waals surface area (Å²) in [5.41, 5.74) is 3.55. The Morgan fingerprint density at radius 3 is 2.40 bits per heavy atom. The summed E-state index contributed by atoms with van der Waals surface area (Å²) in [6, 6.07) is 13.9. The molecule has 0 fully saturated rings. The quantitative estimate of drug-likeness (QED) is 0.427. The Kier molecular flexibility index (Phi) is 8.95. The molecule has 0 aliphatic rings. The van der Waals surface area contributed by atoms with Crippen LogP contribution in [0.4, 0.5) is 0 Å². The molecule has 0 saturated heterocycles. The van der Waals surface area contributed by atoms with Crippen LogP contribution in [0.1, 0.15) is 77.8 Å². The standard InChI is InChI=1S/C27H38O3/c1-6-8-12-20(7-2)19-30-25(28)16-15-21-17-23(22-13-10-9-11-14-22)26(29)24(18-21)27(3,4)5/h9-11,13-14,17-18,20,29H,6-8,12,15-16,19H2,1-5H3. The molecule has 0 heterocycles. The molecule has 3 nitrogen and oxygen atoms in total. The third-order valence-corrected chi connectivity index (χ3v) is 5.70. The lowest BCUT2D eigenvalue weighted by Gasteiger charge is -2.23. The van der Waals surface area contributed by atoms with E-state index in [0.717, 1.165) is 35.1 Å². The Labute approximate surface area is 182 Å². The first-order valence-corrected chi connectivity index (χ1v) is 11.3. The van der Waals surface area contributed by atoms with Crippen LogP contribution in [0, 0.1) is 5.92 Å². The maximum Gasteiger partial charge on any atom is 0.306 e. The molecule has 2 aromatic carbocycles. The third-order valence-electron chi connectivity index (χ3n) is 5.70. The van der Waals surface area contributed by atoms with E-state index in [9.17, 15) is 9.90 Å². The zero-order valence-electron chi connectivity index (χ0n) is 19.3. The second kappa shape index (κ2) is 11.2. The normalized spacial score (nSPS) is 12.6. The van der Waals surface area contributed by atoms with E-state index < -0.39 is 0 Å². The molecule has 1 N–H and O–H groups in total. The van der Waals surface area contributed by atoms with Crippen molar-refractivity contribution in [3.63, 3.8) is 0 Å². The summed E-state index contributed by atoms with van der Waals surface area (Å²) < 4.78 is 5.56. The van der Waals surface area contributed by atoms with Crippen molar-refractivity contribution in [2.24, 2.45) is 5.92 Å². The van der Waals surface area contributed by atoms with Gasteiger partial charge in [-0.25, -0.2) is 0 Å². The summed E-state index contributed by atoms with van der Waals surface area (Å²) in [7, 11) is 0. The molecule has 0 spiro atoms. The first-order chi connectivity index (χ1) is 14.3. The van der Waals surface area contributed by atoms with Crippen LogP contribution in [0.25, 0.3) is 11.1 Å². The van der Waals surface area contributed by atoms with Crippen LogP contribution in [0.3, 0.4) is 0 Å². The Morgan fingerprint density at radius 1 is 1.10 bits per heavy atom. The monoisotopic (exact) mass is 410 g/mol. The molecule has 0 saturated carbocycles. The van der Waals surface area contributed by atoms with Crippen LogP contribution >= 0.6 is 0 Å². The zero-order chi connectivity index (χ0) is 22.1. The van der Waals surface area contributed by atoms with Crippen LogP contribution in [0.15, 0.2) is 42.5 Å². The Balaban J connectivity index is 2.12. The molecule has 30 heavy (non-hydrogen) atoms. The number of esters is 1. The minimum atomic E-state index is -0.197. The minimum absolute atomic E-state index is 0.142. The maximum absolute atomic E-state index is 12.3. The van der Waals surface area contributed by atoms with E-state index in [1.807, 2.05) is 42.5 Å². The average molecular weight is 411 g/mol. The number of phenols is 1. The van der Waals surface area contributed by atoms with Gasteiger partial charge in [0.1, 0.15) is 5.75 Å². The van der Waals surface area contributed by atoms with Crippen molar-refractivity contribution in [1.29, 1.82) is 0 Å². The van der Waals surface area contributed by atoms with Crippen molar-refractivity contribution >= 4 is 5.97 Å². The third kappa shape index (κ3) is 6.90. The van der Waals surface area contributed by atoms with E-state index in [4.69, 9.17) is 4.74 Å². The van der Waals surface area contributed by atoms with E-state index >= 15 is 0 Å². The molecule has 0 bridgehead atoms. The second-order valence-corrected chi connectivity index (χ2v) is 9.26. The van der Waals surface area contributed by atoms with Gasteiger partial charge >= 0.3 is 5.97 Å². The predicted molar refractivity (Wildman–Crippen MR) is 125 cm³/mol. The van der Waals surface area contributed by atoms with E-state index in [2.05, 4.69) is 34.6 Å². The fraction of sp³-hybridized carbons (Fsp3) is 0.519. The average Bonchev–Trinajstić information content (AvgIpc) is 2.73. The molecular formula is C27H38O3. The van der Waals surface area contributed by atoms with Gasteiger partial charge in [-0.2, -0.15) is 0 Å². The van der Waals surface area contributed by atoms with Crippen LogP contribution < -0.4 is 0 Å². The zero-order valence-corrected chi connectivity index (χ0v) is 19.3. The summed E-state index contributed by atoms with van der Waals surface area (Å²) in [6.45, 7) is 11.1. The number of carbonyl (C=O) groups excluding carboxylic acids is 1. The molecule has 3 heteroatoms. The van der Waals surface area contributed by atoms with E-state index in [-0.39, 0.29) is 11.4 Å². The number of unbranched alkanes of at least 4 members (excludes halogenated alkanes) is 1. The van der Waals surface area contributed by atoms with Gasteiger partial charge in [0.15, 0.2) is 0 Å². The summed E-state index contributed by atoms with van der Waals surface area (Å²) in [5, 5.41) is 10.9. The number of aryl methyl sites for hydroxylation is 1. The van der Waals surface area contributed by atoms with Crippen molar-refractivity contribution in [1.82, 2.24) is 0 Å². The lowest BCUT2D eigenvalue weighted by Crippen LogP contribution is -2.15. The SMILES string of the molecule is CCCCC(CC)COC(=O)CCc1cc(-c2ccccc2)c(O)c(C(C)(C)C)c1. The molecule has 1 unspecified atom stereocenters. The molecule has 0 aliphatic heterocycles. The van der Waals surface area contributed by atoms with Gasteiger partial charge in [0.25, 0.3) is 0 Å². The number of benzene rings is 2. The van der Waals surface area contributed by atoms with E-state index in [1.54, 1.807) is 0 Å². The summed E-state index contributed by atoms with van der Waals surface area (Å²) >= 11 is 0. The molecule has 164 valence electrons. The maximum atomic E-state index is 12.3. The van der Waals surface area contributed by atoms with E-state index in [1.165, 1.54) is 12.8 Å². The topological polar surface area (TPSA) is 46.5 Å². The highest BCUT2D eigenvalue weighted by Crippen LogP contribution is 2.39. The van der Waals surface area contributed by atoms with Crippen LogP contribution in [-0.4, -0.2) is 17.7 Å². The Morgan fingerprint density at radius 2 is 1.80 bits per heavy atom. The van der Waals surface area contributed by atoms with Gasteiger partial charge in [0.05, 0.1) is 6.61 Å². The highest BCUT2D eigenvalue weighted by molar-refractivity contribution is 5.74. The molecule has 2 rings (SSSR count). The number of rotatable bonds is 10. The van der Waals surface area contributed by atoms with Gasteiger partial charge in [0.2, 0.25) is 0 Å². The van der Waals surface area contributed by atoms with Gasteiger partial charge in [-0.15, -0.1) is 0 Å². The summed E-state index contributed by atoms with van der Waals surface area (Å²) in [6.07, 6.45) is 5.47. The molecule has 0 aliphatic carbocycles. The molecule has 2 aromatic rings. The number of phenolic OH excluding ortho intramolecular Hbond substituents is 1. The molecule has 0 aromatic heterocycles. The molecule has 0 radical (unpaired) electrons. The second-order valence-electron chi connectivity index (χ2n) is 9.26. The molecular weight excluding hydrogens is 372 g/mol. The number of carbonyl (C=O) groups is 1. The van der Waals surface area contributed by atoms with Gasteiger partial charge in [0, 0.05) is 17.5 Å². The van der Waals surface area contributed by atoms with Crippen LogP contribution in [0.5, 0.6) is 5.75 Å². The highest BCUT2D eigenvalue weighted by Gasteiger charge is 2.22. The molecule has 0 amide bonds. The smallest absolute Gasteiger partial charge is 0.306 e.